The SMILES string of the molecule is c1ccc([PH](Cc2ccco2)(c2ccccc2)c2ccccc2)cc1. The standard InChI is InChI=1S/C23H21OP/c1-4-12-21(13-5-1)25(19-20-11-10-18-24-20,22-14-6-2-7-15-22)23-16-8-3-9-17-23/h1-18,25H,19H2. The first-order valence-electron chi connectivity index (χ1n) is 8.58. The molecule has 0 aliphatic heterocycles. The van der Waals surface area contributed by atoms with Crippen LogP contribution >= 0.6 is 7.26 Å². The predicted octanol–water partition coefficient (Wildman–Crippen LogP) is 4.51. The molecular formula is C23H21OP. The van der Waals surface area contributed by atoms with E-state index >= 15 is 0 Å². The molecule has 1 heterocycles. The van der Waals surface area contributed by atoms with Crippen molar-refractivity contribution in [2.45, 2.75) is 6.16 Å². The Labute approximate surface area is 149 Å². The van der Waals surface area contributed by atoms with E-state index in [1.165, 1.54) is 15.9 Å². The van der Waals surface area contributed by atoms with Gasteiger partial charge >= 0.3 is 149 Å². The van der Waals surface area contributed by atoms with Crippen LogP contribution in [0.2, 0.25) is 0 Å². The van der Waals surface area contributed by atoms with Crippen LogP contribution in [0.5, 0.6) is 0 Å². The van der Waals surface area contributed by atoms with Crippen LogP contribution in [0.3, 0.4) is 0 Å². The van der Waals surface area contributed by atoms with Gasteiger partial charge in [-0.15, -0.1) is 0 Å². The molecule has 0 radical (unpaired) electrons. The van der Waals surface area contributed by atoms with Crippen LogP contribution < -0.4 is 15.9 Å². The Hall–Kier alpha value is -2.63. The second kappa shape index (κ2) is 7.09. The Bertz CT molecular complexity index is 804. The van der Waals surface area contributed by atoms with Crippen LogP contribution in [0.1, 0.15) is 5.76 Å². The molecule has 1 nitrogen and oxygen atoms in total. The first-order chi connectivity index (χ1) is 12.4. The van der Waals surface area contributed by atoms with Crippen LogP contribution in [0.25, 0.3) is 0 Å². The van der Waals surface area contributed by atoms with Gasteiger partial charge in [-0.3, -0.25) is 0 Å². The molecule has 1 aromatic heterocycles. The van der Waals surface area contributed by atoms with Crippen molar-refractivity contribution in [3.63, 3.8) is 0 Å². The average molecular weight is 344 g/mol. The first kappa shape index (κ1) is 15.9. The van der Waals surface area contributed by atoms with E-state index in [-0.39, 0.29) is 0 Å². The third-order valence-corrected chi connectivity index (χ3v) is 9.65. The van der Waals surface area contributed by atoms with Crippen LogP contribution in [-0.2, 0) is 6.16 Å². The van der Waals surface area contributed by atoms with E-state index in [1.807, 2.05) is 6.07 Å². The van der Waals surface area contributed by atoms with E-state index in [9.17, 15) is 0 Å². The van der Waals surface area contributed by atoms with E-state index in [4.69, 9.17) is 4.42 Å². The van der Waals surface area contributed by atoms with Crippen LogP contribution in [0.15, 0.2) is 114 Å². The van der Waals surface area contributed by atoms with Crippen LogP contribution in [-0.4, -0.2) is 0 Å². The summed E-state index contributed by atoms with van der Waals surface area (Å²) in [6, 6.07) is 36.8. The minimum atomic E-state index is -2.22. The molecular weight excluding hydrogens is 323 g/mol. The van der Waals surface area contributed by atoms with Crippen molar-refractivity contribution in [2.75, 3.05) is 0 Å². The van der Waals surface area contributed by atoms with Crippen LogP contribution in [0.4, 0.5) is 0 Å². The van der Waals surface area contributed by atoms with E-state index in [2.05, 4.69) is 97.1 Å². The number of benzene rings is 3. The summed E-state index contributed by atoms with van der Waals surface area (Å²) in [6.07, 6.45) is 2.69. The summed E-state index contributed by atoms with van der Waals surface area (Å²) in [6.45, 7) is 0. The fraction of sp³-hybridized carbons (Fsp3) is 0.0435. The molecule has 0 fully saturated rings. The number of furan rings is 1. The molecule has 0 spiro atoms. The molecule has 0 unspecified atom stereocenters. The topological polar surface area (TPSA) is 13.1 Å². The molecule has 0 saturated carbocycles. The van der Waals surface area contributed by atoms with Crippen LogP contribution in [0, 0.1) is 0 Å². The van der Waals surface area contributed by atoms with Gasteiger partial charge in [-0.1, -0.05) is 0 Å². The average Bonchev–Trinajstić information content (AvgIpc) is 3.21. The van der Waals surface area contributed by atoms with Crippen molar-refractivity contribution in [3.05, 3.63) is 115 Å². The van der Waals surface area contributed by atoms with Gasteiger partial charge in [0.2, 0.25) is 0 Å². The van der Waals surface area contributed by atoms with Gasteiger partial charge in [0.05, 0.1) is 0 Å². The molecule has 2 heteroatoms. The van der Waals surface area contributed by atoms with Gasteiger partial charge < -0.3 is 0 Å². The molecule has 0 amide bonds. The van der Waals surface area contributed by atoms with E-state index in [0.29, 0.717) is 0 Å². The Balaban J connectivity index is 2.01. The van der Waals surface area contributed by atoms with E-state index in [1.54, 1.807) is 6.26 Å². The molecule has 0 aliphatic rings. The Kier molecular flexibility index (Phi) is 4.50. The zero-order valence-electron chi connectivity index (χ0n) is 14.0. The van der Waals surface area contributed by atoms with Crippen molar-refractivity contribution in [2.24, 2.45) is 0 Å². The van der Waals surface area contributed by atoms with Crippen molar-refractivity contribution < 1.29 is 4.42 Å². The van der Waals surface area contributed by atoms with Gasteiger partial charge in [0.15, 0.2) is 0 Å². The molecule has 0 atom stereocenters. The van der Waals surface area contributed by atoms with Gasteiger partial charge in [0, 0.05) is 0 Å². The zero-order chi connectivity index (χ0) is 17.0. The fourth-order valence-corrected chi connectivity index (χ4v) is 8.27. The molecule has 4 aromatic rings. The third kappa shape index (κ3) is 3.04. The zero-order valence-corrected chi connectivity index (χ0v) is 15.0. The second-order valence-corrected chi connectivity index (χ2v) is 10.2. The number of rotatable bonds is 5. The molecule has 124 valence electrons. The molecule has 0 bridgehead atoms. The maximum absolute atomic E-state index is 5.79. The monoisotopic (exact) mass is 344 g/mol. The molecule has 3 aromatic carbocycles. The molecule has 25 heavy (non-hydrogen) atoms. The summed E-state index contributed by atoms with van der Waals surface area (Å²) in [5, 5.41) is 4.22. The fourth-order valence-electron chi connectivity index (χ4n) is 3.65. The van der Waals surface area contributed by atoms with Gasteiger partial charge in [0.1, 0.15) is 0 Å². The molecule has 0 aliphatic carbocycles. The predicted molar refractivity (Wildman–Crippen MR) is 109 cm³/mol. The Morgan fingerprint density at radius 2 is 0.960 bits per heavy atom. The Morgan fingerprint density at radius 3 is 1.32 bits per heavy atom. The summed E-state index contributed by atoms with van der Waals surface area (Å²) in [7, 11) is -2.22. The summed E-state index contributed by atoms with van der Waals surface area (Å²) in [5.74, 6) is 1.04. The van der Waals surface area contributed by atoms with Crippen molar-refractivity contribution in [3.8, 4) is 0 Å². The molecule has 0 N–H and O–H groups in total. The number of hydrogen-bond acceptors (Lipinski definition) is 1. The van der Waals surface area contributed by atoms with Crippen molar-refractivity contribution in [1.29, 1.82) is 0 Å². The quantitative estimate of drug-likeness (QED) is 0.486. The van der Waals surface area contributed by atoms with E-state index in [0.717, 1.165) is 11.9 Å². The normalized spacial score (nSPS) is 12.0. The molecule has 4 rings (SSSR count). The summed E-state index contributed by atoms with van der Waals surface area (Å²) >= 11 is 0. The van der Waals surface area contributed by atoms with Gasteiger partial charge in [-0.05, 0) is 0 Å². The van der Waals surface area contributed by atoms with Gasteiger partial charge in [-0.25, -0.2) is 0 Å². The molecule has 0 saturated heterocycles. The first-order valence-corrected chi connectivity index (χ1v) is 10.8. The summed E-state index contributed by atoms with van der Waals surface area (Å²) < 4.78 is 5.79. The maximum atomic E-state index is 5.79. The van der Waals surface area contributed by atoms with Crippen molar-refractivity contribution >= 4 is 23.2 Å². The van der Waals surface area contributed by atoms with Gasteiger partial charge in [0.25, 0.3) is 0 Å². The minimum absolute atomic E-state index is 0.915. The third-order valence-electron chi connectivity index (χ3n) is 4.82. The van der Waals surface area contributed by atoms with Gasteiger partial charge in [-0.2, -0.15) is 0 Å². The second-order valence-electron chi connectivity index (χ2n) is 6.26. The van der Waals surface area contributed by atoms with E-state index < -0.39 is 7.26 Å². The Morgan fingerprint density at radius 1 is 0.520 bits per heavy atom. The summed E-state index contributed by atoms with van der Waals surface area (Å²) in [4.78, 5) is 0. The van der Waals surface area contributed by atoms with Crippen molar-refractivity contribution in [1.82, 2.24) is 0 Å². The number of hydrogen-bond donors (Lipinski definition) is 0. The summed E-state index contributed by atoms with van der Waals surface area (Å²) in [5.41, 5.74) is 0.